The summed E-state index contributed by atoms with van der Waals surface area (Å²) in [6.07, 6.45) is 2.32. The van der Waals surface area contributed by atoms with Gasteiger partial charge in [0.25, 0.3) is 0 Å². The zero-order valence-corrected chi connectivity index (χ0v) is 13.8. The predicted molar refractivity (Wildman–Crippen MR) is 95.4 cm³/mol. The molecule has 0 aliphatic carbocycles. The monoisotopic (exact) mass is 324 g/mol. The molecule has 1 aliphatic heterocycles. The van der Waals surface area contributed by atoms with Crippen LogP contribution in [-0.2, 0) is 11.2 Å². The minimum absolute atomic E-state index is 0.0181. The Morgan fingerprint density at radius 2 is 1.79 bits per heavy atom. The first-order valence-corrected chi connectivity index (χ1v) is 8.50. The molecule has 0 spiro atoms. The van der Waals surface area contributed by atoms with Gasteiger partial charge in [-0.15, -0.1) is 0 Å². The molecule has 24 heavy (non-hydrogen) atoms. The highest BCUT2D eigenvalue weighted by atomic mass is 16.3. The maximum Gasteiger partial charge on any atom is 0.240 e. The van der Waals surface area contributed by atoms with Gasteiger partial charge in [-0.3, -0.25) is 4.79 Å². The molecule has 1 saturated heterocycles. The van der Waals surface area contributed by atoms with Crippen LogP contribution >= 0.6 is 0 Å². The first-order valence-electron chi connectivity index (χ1n) is 8.50. The zero-order chi connectivity index (χ0) is 16.9. The van der Waals surface area contributed by atoms with Crippen LogP contribution < -0.4 is 5.73 Å². The SMILES string of the molecule is N[C@@H](Cc1ccc(-c2ccccc2)cc1)C(=O)N1CCC[C@H]1CO. The lowest BCUT2D eigenvalue weighted by atomic mass is 10.0. The van der Waals surface area contributed by atoms with Crippen LogP contribution in [0.3, 0.4) is 0 Å². The van der Waals surface area contributed by atoms with E-state index in [2.05, 4.69) is 24.3 Å². The first-order chi connectivity index (χ1) is 11.7. The fourth-order valence-corrected chi connectivity index (χ4v) is 3.33. The second-order valence-corrected chi connectivity index (χ2v) is 6.38. The number of aliphatic hydroxyl groups is 1. The highest BCUT2D eigenvalue weighted by Crippen LogP contribution is 2.21. The lowest BCUT2D eigenvalue weighted by molar-refractivity contribution is -0.134. The van der Waals surface area contributed by atoms with Gasteiger partial charge in [0, 0.05) is 6.54 Å². The van der Waals surface area contributed by atoms with E-state index in [4.69, 9.17) is 5.73 Å². The summed E-state index contributed by atoms with van der Waals surface area (Å²) >= 11 is 0. The molecule has 2 aromatic carbocycles. The Morgan fingerprint density at radius 3 is 2.46 bits per heavy atom. The molecular formula is C20H24N2O2. The minimum Gasteiger partial charge on any atom is -0.394 e. The van der Waals surface area contributed by atoms with Crippen LogP contribution in [0.4, 0.5) is 0 Å². The summed E-state index contributed by atoms with van der Waals surface area (Å²) < 4.78 is 0. The van der Waals surface area contributed by atoms with Gasteiger partial charge in [0.15, 0.2) is 0 Å². The van der Waals surface area contributed by atoms with Crippen molar-refractivity contribution in [1.82, 2.24) is 4.90 Å². The molecule has 4 heteroatoms. The lowest BCUT2D eigenvalue weighted by Gasteiger charge is -2.26. The molecule has 126 valence electrons. The molecule has 1 aliphatic rings. The summed E-state index contributed by atoms with van der Waals surface area (Å²) in [5.41, 5.74) is 9.50. The van der Waals surface area contributed by atoms with E-state index in [1.165, 1.54) is 5.56 Å². The Balaban J connectivity index is 1.64. The number of carbonyl (C=O) groups is 1. The molecule has 0 unspecified atom stereocenters. The summed E-state index contributed by atoms with van der Waals surface area (Å²) in [7, 11) is 0. The quantitative estimate of drug-likeness (QED) is 0.886. The number of amides is 1. The molecule has 0 aromatic heterocycles. The van der Waals surface area contributed by atoms with E-state index in [0.29, 0.717) is 13.0 Å². The van der Waals surface area contributed by atoms with Crippen molar-refractivity contribution >= 4 is 5.91 Å². The van der Waals surface area contributed by atoms with Crippen molar-refractivity contribution in [2.24, 2.45) is 5.73 Å². The molecule has 1 heterocycles. The number of carbonyl (C=O) groups excluding carboxylic acids is 1. The van der Waals surface area contributed by atoms with Crippen molar-refractivity contribution in [3.8, 4) is 11.1 Å². The fraction of sp³-hybridized carbons (Fsp3) is 0.350. The molecule has 4 nitrogen and oxygen atoms in total. The van der Waals surface area contributed by atoms with Gasteiger partial charge in [-0.2, -0.15) is 0 Å². The second-order valence-electron chi connectivity index (χ2n) is 6.38. The number of nitrogens with two attached hydrogens (primary N) is 1. The number of hydrogen-bond acceptors (Lipinski definition) is 3. The Kier molecular flexibility index (Phi) is 5.28. The number of rotatable bonds is 5. The molecule has 0 radical (unpaired) electrons. The van der Waals surface area contributed by atoms with E-state index < -0.39 is 6.04 Å². The number of likely N-dealkylation sites (tertiary alicyclic amines) is 1. The van der Waals surface area contributed by atoms with Crippen LogP contribution in [0.2, 0.25) is 0 Å². The van der Waals surface area contributed by atoms with Crippen molar-refractivity contribution in [3.63, 3.8) is 0 Å². The van der Waals surface area contributed by atoms with E-state index in [0.717, 1.165) is 24.0 Å². The van der Waals surface area contributed by atoms with Crippen LogP contribution in [0.15, 0.2) is 54.6 Å². The van der Waals surface area contributed by atoms with Gasteiger partial charge in [-0.05, 0) is 36.0 Å². The third-order valence-electron chi connectivity index (χ3n) is 4.70. The van der Waals surface area contributed by atoms with Crippen molar-refractivity contribution in [2.75, 3.05) is 13.2 Å². The zero-order valence-electron chi connectivity index (χ0n) is 13.8. The molecule has 0 bridgehead atoms. The lowest BCUT2D eigenvalue weighted by Crippen LogP contribution is -2.47. The molecule has 2 atom stereocenters. The highest BCUT2D eigenvalue weighted by molar-refractivity contribution is 5.82. The number of nitrogens with zero attached hydrogens (tertiary/aromatic N) is 1. The molecule has 0 saturated carbocycles. The summed E-state index contributed by atoms with van der Waals surface area (Å²) in [4.78, 5) is 14.2. The van der Waals surface area contributed by atoms with Crippen molar-refractivity contribution < 1.29 is 9.90 Å². The first kappa shape index (κ1) is 16.7. The van der Waals surface area contributed by atoms with Gasteiger partial charge in [-0.1, -0.05) is 54.6 Å². The molecule has 2 aromatic rings. The second kappa shape index (κ2) is 7.60. The van der Waals surface area contributed by atoms with Crippen LogP contribution in [0, 0.1) is 0 Å². The van der Waals surface area contributed by atoms with E-state index in [1.54, 1.807) is 4.90 Å². The van der Waals surface area contributed by atoms with E-state index in [1.807, 2.05) is 30.3 Å². The fourth-order valence-electron chi connectivity index (χ4n) is 3.33. The predicted octanol–water partition coefficient (Wildman–Crippen LogP) is 2.21. The Morgan fingerprint density at radius 1 is 1.12 bits per heavy atom. The summed E-state index contributed by atoms with van der Waals surface area (Å²) in [6, 6.07) is 17.8. The summed E-state index contributed by atoms with van der Waals surface area (Å²) in [5, 5.41) is 9.36. The molecule has 1 fully saturated rings. The Hall–Kier alpha value is -2.17. The number of aliphatic hydroxyl groups excluding tert-OH is 1. The standard InChI is InChI=1S/C20H24N2O2/c21-19(20(24)22-12-4-7-18(22)14-23)13-15-8-10-17(11-9-15)16-5-2-1-3-6-16/h1-3,5-6,8-11,18-19,23H,4,7,12-14,21H2/t18-,19-/m0/s1. The van der Waals surface area contributed by atoms with Gasteiger partial charge in [0.2, 0.25) is 5.91 Å². The van der Waals surface area contributed by atoms with Gasteiger partial charge in [0.05, 0.1) is 18.7 Å². The van der Waals surface area contributed by atoms with Gasteiger partial charge in [-0.25, -0.2) is 0 Å². The maximum atomic E-state index is 12.5. The number of benzene rings is 2. The molecular weight excluding hydrogens is 300 g/mol. The minimum atomic E-state index is -0.556. The highest BCUT2D eigenvalue weighted by Gasteiger charge is 2.31. The van der Waals surface area contributed by atoms with Crippen molar-refractivity contribution in [3.05, 3.63) is 60.2 Å². The van der Waals surface area contributed by atoms with Crippen molar-refractivity contribution in [2.45, 2.75) is 31.3 Å². The third kappa shape index (κ3) is 3.66. The third-order valence-corrected chi connectivity index (χ3v) is 4.70. The largest absolute Gasteiger partial charge is 0.394 e. The van der Waals surface area contributed by atoms with Crippen molar-refractivity contribution in [1.29, 1.82) is 0 Å². The van der Waals surface area contributed by atoms with E-state index >= 15 is 0 Å². The van der Waals surface area contributed by atoms with Gasteiger partial charge < -0.3 is 15.7 Å². The van der Waals surface area contributed by atoms with Gasteiger partial charge in [0.1, 0.15) is 0 Å². The molecule has 1 amide bonds. The summed E-state index contributed by atoms with van der Waals surface area (Å²) in [6.45, 7) is 0.717. The number of hydrogen-bond donors (Lipinski definition) is 2. The Bertz CT molecular complexity index is 670. The Labute approximate surface area is 142 Å². The van der Waals surface area contributed by atoms with E-state index in [-0.39, 0.29) is 18.6 Å². The average Bonchev–Trinajstić information content (AvgIpc) is 3.11. The average molecular weight is 324 g/mol. The normalized spacial score (nSPS) is 18.6. The van der Waals surface area contributed by atoms with Crippen LogP contribution in [0.5, 0.6) is 0 Å². The smallest absolute Gasteiger partial charge is 0.240 e. The van der Waals surface area contributed by atoms with E-state index in [9.17, 15) is 9.90 Å². The van der Waals surface area contributed by atoms with Crippen LogP contribution in [0.1, 0.15) is 18.4 Å². The summed E-state index contributed by atoms with van der Waals surface area (Å²) in [5.74, 6) is -0.0568. The molecule has 3 rings (SSSR count). The van der Waals surface area contributed by atoms with Crippen LogP contribution in [0.25, 0.3) is 11.1 Å². The maximum absolute atomic E-state index is 12.5. The van der Waals surface area contributed by atoms with Gasteiger partial charge >= 0.3 is 0 Å². The van der Waals surface area contributed by atoms with Crippen LogP contribution in [-0.4, -0.2) is 41.1 Å². The molecule has 3 N–H and O–H groups in total. The topological polar surface area (TPSA) is 66.6 Å².